The Labute approximate surface area is 170 Å². The van der Waals surface area contributed by atoms with Gasteiger partial charge in [-0.25, -0.2) is 14.6 Å². The predicted octanol–water partition coefficient (Wildman–Crippen LogP) is 3.77. The molecule has 1 N–H and O–H groups in total. The van der Waals surface area contributed by atoms with E-state index in [1.807, 2.05) is 13.8 Å². The number of esters is 1. The summed E-state index contributed by atoms with van der Waals surface area (Å²) in [5.74, 6) is -0.501. The van der Waals surface area contributed by atoms with Crippen LogP contribution in [0, 0.1) is 6.92 Å². The van der Waals surface area contributed by atoms with Crippen LogP contribution in [0.4, 0.5) is 5.13 Å². The first-order chi connectivity index (χ1) is 13.8. The van der Waals surface area contributed by atoms with E-state index in [-0.39, 0.29) is 29.0 Å². The maximum atomic E-state index is 12.8. The van der Waals surface area contributed by atoms with Gasteiger partial charge in [-0.3, -0.25) is 10.1 Å². The lowest BCUT2D eigenvalue weighted by molar-refractivity contribution is 0.0531. The number of aryl methyl sites for hydroxylation is 1. The number of carbonyl (C=O) groups excluding carboxylic acids is 2. The first-order valence-corrected chi connectivity index (χ1v) is 9.80. The highest BCUT2D eigenvalue weighted by Crippen LogP contribution is 2.26. The zero-order valence-corrected chi connectivity index (χ0v) is 17.2. The van der Waals surface area contributed by atoms with Gasteiger partial charge in [0.15, 0.2) is 5.13 Å². The Balaban J connectivity index is 1.92. The molecule has 0 aliphatic rings. The van der Waals surface area contributed by atoms with Crippen molar-refractivity contribution in [2.24, 2.45) is 0 Å². The summed E-state index contributed by atoms with van der Waals surface area (Å²) in [5.41, 5.74) is 0.171. The molecule has 0 saturated heterocycles. The van der Waals surface area contributed by atoms with E-state index in [0.717, 1.165) is 17.4 Å². The summed E-state index contributed by atoms with van der Waals surface area (Å²) in [6.07, 6.45) is -0.0487. The summed E-state index contributed by atoms with van der Waals surface area (Å²) in [6, 6.07) is 6.04. The third-order valence-electron chi connectivity index (χ3n) is 3.81. The molecule has 9 heteroatoms. The number of anilines is 1. The maximum absolute atomic E-state index is 12.8. The number of nitrogens with zero attached hydrogens (tertiary/aromatic N) is 1. The van der Waals surface area contributed by atoms with Crippen LogP contribution in [0.2, 0.25) is 0 Å². The van der Waals surface area contributed by atoms with Crippen LogP contribution in [0.1, 0.15) is 46.5 Å². The molecule has 0 atom stereocenters. The van der Waals surface area contributed by atoms with Gasteiger partial charge in [0.2, 0.25) is 0 Å². The van der Waals surface area contributed by atoms with Gasteiger partial charge >= 0.3 is 11.6 Å². The summed E-state index contributed by atoms with van der Waals surface area (Å²) in [5, 5.41) is 3.32. The molecule has 2 aromatic heterocycles. The molecule has 0 bridgehead atoms. The standard InChI is InChI=1S/C20H20N2O6S/c1-5-26-19(25)17-11(4)21-20(29-17)22-18(24)14-9-16(23)28-15-8-12(27-10(2)3)6-7-13(14)15/h6-10H,5H2,1-4H3,(H,21,22,24). The van der Waals surface area contributed by atoms with Gasteiger partial charge in [-0.05, 0) is 39.8 Å². The van der Waals surface area contributed by atoms with E-state index in [1.54, 1.807) is 32.0 Å². The number of hydrogen-bond acceptors (Lipinski definition) is 8. The van der Waals surface area contributed by atoms with Crippen molar-refractivity contribution >= 4 is 39.3 Å². The van der Waals surface area contributed by atoms with Crippen molar-refractivity contribution in [2.45, 2.75) is 33.8 Å². The number of rotatable bonds is 6. The van der Waals surface area contributed by atoms with E-state index in [9.17, 15) is 14.4 Å². The zero-order chi connectivity index (χ0) is 21.1. The molecular formula is C20H20N2O6S. The molecule has 0 aliphatic heterocycles. The smallest absolute Gasteiger partial charge is 0.350 e. The van der Waals surface area contributed by atoms with Crippen LogP contribution in [0.5, 0.6) is 5.75 Å². The van der Waals surface area contributed by atoms with E-state index in [1.165, 1.54) is 0 Å². The lowest BCUT2D eigenvalue weighted by atomic mass is 10.1. The van der Waals surface area contributed by atoms with Gasteiger partial charge in [0, 0.05) is 17.5 Å². The average Bonchev–Trinajstić information content (AvgIpc) is 3.00. The van der Waals surface area contributed by atoms with Gasteiger partial charge in [-0.2, -0.15) is 0 Å². The molecular weight excluding hydrogens is 396 g/mol. The molecule has 1 amide bonds. The second kappa shape index (κ2) is 8.44. The molecule has 0 saturated carbocycles. The second-order valence-corrected chi connectivity index (χ2v) is 7.41. The average molecular weight is 416 g/mol. The zero-order valence-electron chi connectivity index (χ0n) is 16.4. The first-order valence-electron chi connectivity index (χ1n) is 8.99. The quantitative estimate of drug-likeness (QED) is 0.481. The van der Waals surface area contributed by atoms with Crippen LogP contribution in [0.3, 0.4) is 0 Å². The summed E-state index contributed by atoms with van der Waals surface area (Å²) in [7, 11) is 0. The van der Waals surface area contributed by atoms with Crippen molar-refractivity contribution in [3.63, 3.8) is 0 Å². The molecule has 29 heavy (non-hydrogen) atoms. The number of hydrogen-bond donors (Lipinski definition) is 1. The highest BCUT2D eigenvalue weighted by Gasteiger charge is 2.20. The van der Waals surface area contributed by atoms with Crippen molar-refractivity contribution in [2.75, 3.05) is 11.9 Å². The minimum atomic E-state index is -0.660. The van der Waals surface area contributed by atoms with Crippen LogP contribution in [-0.2, 0) is 4.74 Å². The van der Waals surface area contributed by atoms with Crippen molar-refractivity contribution in [1.82, 2.24) is 4.98 Å². The molecule has 0 aliphatic carbocycles. The fraction of sp³-hybridized carbons (Fsp3) is 0.300. The molecule has 8 nitrogen and oxygen atoms in total. The van der Waals surface area contributed by atoms with Crippen molar-refractivity contribution in [3.8, 4) is 5.75 Å². The Bertz CT molecular complexity index is 1130. The van der Waals surface area contributed by atoms with E-state index < -0.39 is 17.5 Å². The van der Waals surface area contributed by atoms with Crippen LogP contribution in [-0.4, -0.2) is 29.6 Å². The van der Waals surface area contributed by atoms with E-state index >= 15 is 0 Å². The SMILES string of the molecule is CCOC(=O)c1sc(NC(=O)c2cc(=O)oc3cc(OC(C)C)ccc23)nc1C. The maximum Gasteiger partial charge on any atom is 0.350 e. The highest BCUT2D eigenvalue weighted by atomic mass is 32.1. The van der Waals surface area contributed by atoms with Crippen molar-refractivity contribution in [1.29, 1.82) is 0 Å². The first kappa shape index (κ1) is 20.5. The molecule has 0 fully saturated rings. The topological polar surface area (TPSA) is 108 Å². The van der Waals surface area contributed by atoms with Crippen LogP contribution in [0.25, 0.3) is 11.0 Å². The molecule has 1 aromatic carbocycles. The minimum absolute atomic E-state index is 0.0487. The van der Waals surface area contributed by atoms with E-state index in [0.29, 0.717) is 21.7 Å². The number of carbonyl (C=O) groups is 2. The molecule has 2 heterocycles. The van der Waals surface area contributed by atoms with Crippen LogP contribution in [0.15, 0.2) is 33.5 Å². The van der Waals surface area contributed by atoms with Gasteiger partial charge in [-0.1, -0.05) is 11.3 Å². The molecule has 152 valence electrons. The molecule has 3 aromatic rings. The summed E-state index contributed by atoms with van der Waals surface area (Å²) >= 11 is 1.01. The summed E-state index contributed by atoms with van der Waals surface area (Å²) < 4.78 is 15.8. The molecule has 3 rings (SSSR count). The number of fused-ring (bicyclic) bond motifs is 1. The highest BCUT2D eigenvalue weighted by molar-refractivity contribution is 7.17. The Hall–Kier alpha value is -3.20. The van der Waals surface area contributed by atoms with Crippen molar-refractivity contribution in [3.05, 3.63) is 50.8 Å². The number of nitrogens with one attached hydrogen (secondary N) is 1. The third-order valence-corrected chi connectivity index (χ3v) is 4.86. The van der Waals surface area contributed by atoms with Crippen LogP contribution < -0.4 is 15.7 Å². The largest absolute Gasteiger partial charge is 0.491 e. The number of aromatic nitrogens is 1. The number of ether oxygens (including phenoxy) is 2. The van der Waals surface area contributed by atoms with E-state index in [2.05, 4.69) is 10.3 Å². The lowest BCUT2D eigenvalue weighted by Crippen LogP contribution is -2.15. The number of amides is 1. The van der Waals surface area contributed by atoms with Crippen LogP contribution >= 0.6 is 11.3 Å². The predicted molar refractivity (Wildman–Crippen MR) is 109 cm³/mol. The Kier molecular flexibility index (Phi) is 5.97. The molecule has 0 unspecified atom stereocenters. The summed E-state index contributed by atoms with van der Waals surface area (Å²) in [4.78, 5) is 41.2. The fourth-order valence-electron chi connectivity index (χ4n) is 2.68. The number of benzene rings is 1. The Morgan fingerprint density at radius 2 is 2.03 bits per heavy atom. The van der Waals surface area contributed by atoms with Gasteiger partial charge in [0.1, 0.15) is 16.2 Å². The monoisotopic (exact) mass is 416 g/mol. The van der Waals surface area contributed by atoms with E-state index in [4.69, 9.17) is 13.9 Å². The van der Waals surface area contributed by atoms with Gasteiger partial charge in [0.25, 0.3) is 5.91 Å². The second-order valence-electron chi connectivity index (χ2n) is 6.41. The Morgan fingerprint density at radius 3 is 2.72 bits per heavy atom. The molecule has 0 radical (unpaired) electrons. The van der Waals surface area contributed by atoms with Gasteiger partial charge in [-0.15, -0.1) is 0 Å². The minimum Gasteiger partial charge on any atom is -0.491 e. The number of thiazole rings is 1. The lowest BCUT2D eigenvalue weighted by Gasteiger charge is -2.11. The van der Waals surface area contributed by atoms with Gasteiger partial charge in [0.05, 0.1) is 24.0 Å². The normalized spacial score (nSPS) is 10.9. The van der Waals surface area contributed by atoms with Gasteiger partial charge < -0.3 is 13.9 Å². The Morgan fingerprint density at radius 1 is 1.28 bits per heavy atom. The summed E-state index contributed by atoms with van der Waals surface area (Å²) in [6.45, 7) is 7.36. The molecule has 0 spiro atoms. The van der Waals surface area contributed by atoms with Crippen molar-refractivity contribution < 1.29 is 23.5 Å². The third kappa shape index (κ3) is 4.62. The fourth-order valence-corrected chi connectivity index (χ4v) is 3.53.